The number of halogens is 3. The first kappa shape index (κ1) is 22.2. The van der Waals surface area contributed by atoms with E-state index < -0.39 is 26.8 Å². The third-order valence-corrected chi connectivity index (χ3v) is 5.45. The second-order valence-electron chi connectivity index (χ2n) is 6.59. The molecule has 0 aliphatic carbocycles. The highest BCUT2D eigenvalue weighted by molar-refractivity contribution is 7.92. The highest BCUT2D eigenvalue weighted by Gasteiger charge is 2.41. The highest BCUT2D eigenvalue weighted by Crippen LogP contribution is 2.34. The van der Waals surface area contributed by atoms with Crippen molar-refractivity contribution in [3.8, 4) is 11.1 Å². The van der Waals surface area contributed by atoms with Crippen LogP contribution in [0.2, 0.25) is 0 Å². The molecule has 0 atom stereocenters. The van der Waals surface area contributed by atoms with E-state index in [1.54, 1.807) is 12.1 Å². The number of nitrogens with zero attached hydrogens (tertiary/aromatic N) is 4. The van der Waals surface area contributed by atoms with Crippen LogP contribution in [-0.2, 0) is 28.0 Å². The lowest BCUT2D eigenvalue weighted by Crippen LogP contribution is -2.18. The predicted octanol–water partition coefficient (Wildman–Crippen LogP) is 2.96. The van der Waals surface area contributed by atoms with Crippen LogP contribution in [0.15, 0.2) is 41.7 Å². The summed E-state index contributed by atoms with van der Waals surface area (Å²) in [6.45, 7) is 2.83. The minimum atomic E-state index is -4.95. The first-order valence-electron chi connectivity index (χ1n) is 8.71. The smallest absolute Gasteiger partial charge is 0.311 e. The molecule has 3 aromatic rings. The lowest BCUT2D eigenvalue weighted by Gasteiger charge is -2.13. The molecular formula is C18H17F3N6O3S. The molecule has 0 aromatic carbocycles. The van der Waals surface area contributed by atoms with Gasteiger partial charge in [0.15, 0.2) is 5.69 Å². The van der Waals surface area contributed by atoms with E-state index in [9.17, 15) is 26.4 Å². The van der Waals surface area contributed by atoms with Crippen LogP contribution in [-0.4, -0.2) is 34.1 Å². The maximum absolute atomic E-state index is 13.2. The fourth-order valence-electron chi connectivity index (χ4n) is 2.71. The molecule has 3 rings (SSSR count). The standard InChI is InChI=1S/C18H17F3N6O3S/c1-10-14(26-31(29,30)15-9-27(3)25-17(15)18(19,20)21)6-13(8-23-10)12-4-5-22-16(7-12)24-11(2)28/h4-9,26H,1-3H3,(H,22,24,28). The van der Waals surface area contributed by atoms with Gasteiger partial charge in [-0.05, 0) is 30.7 Å². The van der Waals surface area contributed by atoms with E-state index in [-0.39, 0.29) is 23.1 Å². The van der Waals surface area contributed by atoms with Gasteiger partial charge in [-0.3, -0.25) is 19.2 Å². The summed E-state index contributed by atoms with van der Waals surface area (Å²) < 4.78 is 68.0. The third kappa shape index (κ3) is 4.99. The largest absolute Gasteiger partial charge is 0.436 e. The van der Waals surface area contributed by atoms with Gasteiger partial charge in [0.25, 0.3) is 10.0 Å². The van der Waals surface area contributed by atoms with Crippen LogP contribution in [0.25, 0.3) is 11.1 Å². The molecule has 0 fully saturated rings. The molecule has 0 bridgehead atoms. The van der Waals surface area contributed by atoms with Gasteiger partial charge in [-0.2, -0.15) is 18.3 Å². The molecule has 0 radical (unpaired) electrons. The van der Waals surface area contributed by atoms with Crippen LogP contribution in [0.3, 0.4) is 0 Å². The van der Waals surface area contributed by atoms with Gasteiger partial charge in [-0.1, -0.05) is 0 Å². The summed E-state index contributed by atoms with van der Waals surface area (Å²) in [6, 6.07) is 4.59. The molecule has 3 heterocycles. The van der Waals surface area contributed by atoms with Crippen LogP contribution >= 0.6 is 0 Å². The quantitative estimate of drug-likeness (QED) is 0.612. The number of amides is 1. The number of alkyl halides is 3. The van der Waals surface area contributed by atoms with Gasteiger partial charge in [0.2, 0.25) is 5.91 Å². The Kier molecular flexibility index (Phi) is 5.72. The molecule has 31 heavy (non-hydrogen) atoms. The average Bonchev–Trinajstić information content (AvgIpc) is 3.06. The van der Waals surface area contributed by atoms with Crippen molar-refractivity contribution in [2.45, 2.75) is 24.9 Å². The van der Waals surface area contributed by atoms with E-state index in [1.807, 2.05) is 0 Å². The zero-order valence-electron chi connectivity index (χ0n) is 16.5. The van der Waals surface area contributed by atoms with Crippen molar-refractivity contribution >= 4 is 27.4 Å². The van der Waals surface area contributed by atoms with E-state index >= 15 is 0 Å². The summed E-state index contributed by atoms with van der Waals surface area (Å²) in [7, 11) is -3.42. The van der Waals surface area contributed by atoms with Crippen LogP contribution < -0.4 is 10.0 Å². The number of rotatable bonds is 5. The Bertz CT molecular complexity index is 1250. The van der Waals surface area contributed by atoms with Crippen molar-refractivity contribution in [2.75, 3.05) is 10.0 Å². The van der Waals surface area contributed by atoms with Crippen LogP contribution in [0.4, 0.5) is 24.7 Å². The Hall–Kier alpha value is -3.48. The van der Waals surface area contributed by atoms with Gasteiger partial charge in [0.05, 0.1) is 11.4 Å². The molecule has 0 spiro atoms. The van der Waals surface area contributed by atoms with Crippen molar-refractivity contribution < 1.29 is 26.4 Å². The number of hydrogen-bond donors (Lipinski definition) is 2. The number of hydrogen-bond acceptors (Lipinski definition) is 6. The Labute approximate surface area is 175 Å². The first-order chi connectivity index (χ1) is 14.4. The second-order valence-corrected chi connectivity index (χ2v) is 8.24. The van der Waals surface area contributed by atoms with Crippen LogP contribution in [0.5, 0.6) is 0 Å². The van der Waals surface area contributed by atoms with Gasteiger partial charge in [0, 0.05) is 38.1 Å². The molecule has 9 nitrogen and oxygen atoms in total. The second kappa shape index (κ2) is 7.98. The molecule has 3 aromatic heterocycles. The number of anilines is 2. The van der Waals surface area contributed by atoms with E-state index in [2.05, 4.69) is 25.1 Å². The third-order valence-electron chi connectivity index (χ3n) is 4.08. The molecule has 13 heteroatoms. The van der Waals surface area contributed by atoms with Gasteiger partial charge in [0.1, 0.15) is 10.7 Å². The van der Waals surface area contributed by atoms with Crippen molar-refractivity contribution in [1.82, 2.24) is 19.7 Å². The van der Waals surface area contributed by atoms with Crippen molar-refractivity contribution in [2.24, 2.45) is 7.05 Å². The minimum absolute atomic E-state index is 0.00707. The summed E-state index contributed by atoms with van der Waals surface area (Å²) >= 11 is 0. The number of pyridine rings is 2. The van der Waals surface area contributed by atoms with E-state index in [0.717, 1.165) is 10.9 Å². The number of nitrogens with one attached hydrogen (secondary N) is 2. The molecule has 0 aliphatic heterocycles. The summed E-state index contributed by atoms with van der Waals surface area (Å²) in [5.41, 5.74) is -0.254. The SMILES string of the molecule is CC(=O)Nc1cc(-c2cnc(C)c(NS(=O)(=O)c3cn(C)nc3C(F)(F)F)c2)ccn1. The molecule has 164 valence electrons. The fourth-order valence-corrected chi connectivity index (χ4v) is 4.02. The number of carbonyl (C=O) groups excluding carboxylic acids is 1. The first-order valence-corrected chi connectivity index (χ1v) is 10.2. The number of sulfonamides is 1. The maximum Gasteiger partial charge on any atom is 0.436 e. The number of aryl methyl sites for hydroxylation is 2. The van der Waals surface area contributed by atoms with Crippen LogP contribution in [0.1, 0.15) is 18.3 Å². The molecule has 0 saturated carbocycles. The zero-order chi connectivity index (χ0) is 23.0. The normalized spacial score (nSPS) is 11.9. The summed E-state index contributed by atoms with van der Waals surface area (Å²) in [5.74, 6) is -0.0463. The maximum atomic E-state index is 13.2. The molecule has 2 N–H and O–H groups in total. The molecule has 1 amide bonds. The Balaban J connectivity index is 2.00. The molecule has 0 aliphatic rings. The van der Waals surface area contributed by atoms with E-state index in [4.69, 9.17) is 0 Å². The highest BCUT2D eigenvalue weighted by atomic mass is 32.2. The van der Waals surface area contributed by atoms with Crippen LogP contribution in [0, 0.1) is 6.92 Å². The van der Waals surface area contributed by atoms with Gasteiger partial charge >= 0.3 is 6.18 Å². The summed E-state index contributed by atoms with van der Waals surface area (Å²) in [4.78, 5) is 18.3. The molecule has 0 unspecified atom stereocenters. The number of aromatic nitrogens is 4. The average molecular weight is 454 g/mol. The van der Waals surface area contributed by atoms with Gasteiger partial charge < -0.3 is 5.32 Å². The summed E-state index contributed by atoms with van der Waals surface area (Å²) in [6.07, 6.45) is -1.27. The van der Waals surface area contributed by atoms with Gasteiger partial charge in [-0.15, -0.1) is 0 Å². The lowest BCUT2D eigenvalue weighted by atomic mass is 10.1. The van der Waals surface area contributed by atoms with E-state index in [1.165, 1.54) is 39.4 Å². The topological polar surface area (TPSA) is 119 Å². The Morgan fingerprint density at radius 1 is 1.16 bits per heavy atom. The summed E-state index contributed by atoms with van der Waals surface area (Å²) in [5, 5.41) is 5.75. The molecule has 0 saturated heterocycles. The monoisotopic (exact) mass is 454 g/mol. The lowest BCUT2D eigenvalue weighted by molar-refractivity contribution is -0.143. The molecular weight excluding hydrogens is 437 g/mol. The van der Waals surface area contributed by atoms with E-state index in [0.29, 0.717) is 11.1 Å². The van der Waals surface area contributed by atoms with Crippen molar-refractivity contribution in [3.05, 3.63) is 48.2 Å². The Morgan fingerprint density at radius 3 is 2.52 bits per heavy atom. The fraction of sp³-hybridized carbons (Fsp3) is 0.222. The predicted molar refractivity (Wildman–Crippen MR) is 106 cm³/mol. The zero-order valence-corrected chi connectivity index (χ0v) is 17.3. The van der Waals surface area contributed by atoms with Crippen molar-refractivity contribution in [1.29, 1.82) is 0 Å². The van der Waals surface area contributed by atoms with Crippen molar-refractivity contribution in [3.63, 3.8) is 0 Å². The number of carbonyl (C=O) groups is 1. The van der Waals surface area contributed by atoms with Gasteiger partial charge in [-0.25, -0.2) is 13.4 Å². The minimum Gasteiger partial charge on any atom is -0.311 e. The Morgan fingerprint density at radius 2 is 1.87 bits per heavy atom.